The average Bonchev–Trinajstić information content (AvgIpc) is 3.23. The number of H-pyrrole nitrogens is 1. The number of carbonyl (C=O) groups is 1. The van der Waals surface area contributed by atoms with Crippen LogP contribution in [0.4, 0.5) is 0 Å². The summed E-state index contributed by atoms with van der Waals surface area (Å²) in [7, 11) is 0. The zero-order valence-corrected chi connectivity index (χ0v) is 12.2. The number of carbonyl (C=O) groups excluding carboxylic acids is 1. The lowest BCUT2D eigenvalue weighted by molar-refractivity contribution is -0.118. The number of nitrogens with zero attached hydrogens (tertiary/aromatic N) is 2. The van der Waals surface area contributed by atoms with Gasteiger partial charge >= 0.3 is 5.69 Å². The summed E-state index contributed by atoms with van der Waals surface area (Å²) in [6.45, 7) is 0.447. The van der Waals surface area contributed by atoms with E-state index >= 15 is 0 Å². The lowest BCUT2D eigenvalue weighted by atomic mass is 10.2. The molecule has 1 amide bonds. The van der Waals surface area contributed by atoms with Gasteiger partial charge in [0.1, 0.15) is 0 Å². The van der Waals surface area contributed by atoms with E-state index in [0.717, 1.165) is 18.4 Å². The quantitative estimate of drug-likeness (QED) is 0.780. The largest absolute Gasteiger partial charge is 0.353 e. The van der Waals surface area contributed by atoms with Crippen molar-refractivity contribution in [3.05, 3.63) is 46.4 Å². The van der Waals surface area contributed by atoms with Gasteiger partial charge in [0.15, 0.2) is 5.16 Å². The van der Waals surface area contributed by atoms with Crippen molar-refractivity contribution in [1.29, 1.82) is 0 Å². The summed E-state index contributed by atoms with van der Waals surface area (Å²) in [5.41, 5.74) is 0.759. The van der Waals surface area contributed by atoms with E-state index < -0.39 is 0 Å². The van der Waals surface area contributed by atoms with E-state index in [4.69, 9.17) is 0 Å². The van der Waals surface area contributed by atoms with Crippen LogP contribution in [0.15, 0.2) is 40.3 Å². The van der Waals surface area contributed by atoms with Crippen LogP contribution in [0, 0.1) is 0 Å². The number of rotatable bonds is 6. The highest BCUT2D eigenvalue weighted by Gasteiger charge is 2.23. The Hall–Kier alpha value is -2.02. The van der Waals surface area contributed by atoms with Crippen LogP contribution in [0.3, 0.4) is 0 Å². The minimum Gasteiger partial charge on any atom is -0.353 e. The van der Waals surface area contributed by atoms with Crippen LogP contribution in [0.2, 0.25) is 0 Å². The number of aromatic nitrogens is 3. The Bertz CT molecular complexity index is 676. The molecule has 0 saturated heterocycles. The monoisotopic (exact) mass is 304 g/mol. The second kappa shape index (κ2) is 6.17. The van der Waals surface area contributed by atoms with Gasteiger partial charge in [-0.1, -0.05) is 42.1 Å². The summed E-state index contributed by atoms with van der Waals surface area (Å²) in [6.07, 6.45) is 2.13. The topological polar surface area (TPSA) is 79.8 Å². The van der Waals surface area contributed by atoms with Crippen LogP contribution in [-0.2, 0) is 11.3 Å². The Labute approximate surface area is 125 Å². The molecule has 21 heavy (non-hydrogen) atoms. The van der Waals surface area contributed by atoms with E-state index in [1.54, 1.807) is 4.57 Å². The first-order valence-corrected chi connectivity index (χ1v) is 7.82. The first-order chi connectivity index (χ1) is 10.2. The number of hydrogen-bond donors (Lipinski definition) is 2. The minimum absolute atomic E-state index is 0.00999. The van der Waals surface area contributed by atoms with Crippen molar-refractivity contribution in [2.24, 2.45) is 0 Å². The van der Waals surface area contributed by atoms with Gasteiger partial charge in [0.05, 0.1) is 12.3 Å². The van der Waals surface area contributed by atoms with Crippen molar-refractivity contribution < 1.29 is 4.79 Å². The highest BCUT2D eigenvalue weighted by atomic mass is 32.2. The van der Waals surface area contributed by atoms with Crippen LogP contribution >= 0.6 is 11.8 Å². The second-order valence-electron chi connectivity index (χ2n) is 5.01. The number of nitrogens with one attached hydrogen (secondary N) is 2. The first kappa shape index (κ1) is 13.9. The molecular formula is C14H16N4O2S. The Morgan fingerprint density at radius 3 is 2.86 bits per heavy atom. The smallest absolute Gasteiger partial charge is 0.344 e. The molecule has 1 aliphatic carbocycles. The lowest BCUT2D eigenvalue weighted by Crippen LogP contribution is -2.27. The molecule has 2 aromatic rings. The van der Waals surface area contributed by atoms with Gasteiger partial charge in [-0.25, -0.2) is 9.89 Å². The van der Waals surface area contributed by atoms with Crippen LogP contribution in [-0.4, -0.2) is 32.5 Å². The van der Waals surface area contributed by atoms with Crippen LogP contribution in [0.25, 0.3) is 0 Å². The van der Waals surface area contributed by atoms with Crippen molar-refractivity contribution in [3.8, 4) is 0 Å². The summed E-state index contributed by atoms with van der Waals surface area (Å²) >= 11 is 1.27. The van der Waals surface area contributed by atoms with E-state index in [0.29, 0.717) is 17.7 Å². The molecule has 1 saturated carbocycles. The Morgan fingerprint density at radius 1 is 1.38 bits per heavy atom. The lowest BCUT2D eigenvalue weighted by Gasteiger charge is -2.06. The third kappa shape index (κ3) is 3.75. The van der Waals surface area contributed by atoms with Crippen LogP contribution in [0.1, 0.15) is 18.4 Å². The first-order valence-electron chi connectivity index (χ1n) is 6.83. The maximum Gasteiger partial charge on any atom is 0.344 e. The molecule has 0 atom stereocenters. The van der Waals surface area contributed by atoms with Crippen molar-refractivity contribution in [2.75, 3.05) is 5.75 Å². The number of amides is 1. The Kier molecular flexibility index (Phi) is 4.10. The molecule has 6 nitrogen and oxygen atoms in total. The van der Waals surface area contributed by atoms with Gasteiger partial charge in [-0.2, -0.15) is 0 Å². The molecule has 0 spiro atoms. The van der Waals surface area contributed by atoms with Gasteiger partial charge in [-0.05, 0) is 18.4 Å². The van der Waals surface area contributed by atoms with Crippen molar-refractivity contribution in [2.45, 2.75) is 30.6 Å². The normalized spacial score (nSPS) is 14.1. The third-order valence-electron chi connectivity index (χ3n) is 3.18. The highest BCUT2D eigenvalue weighted by Crippen LogP contribution is 2.20. The summed E-state index contributed by atoms with van der Waals surface area (Å²) in [5.74, 6) is 0.263. The number of thioether (sulfide) groups is 1. The van der Waals surface area contributed by atoms with Crippen LogP contribution in [0.5, 0.6) is 0 Å². The summed E-state index contributed by atoms with van der Waals surface area (Å²) in [4.78, 5) is 23.5. The molecule has 0 aliphatic heterocycles. The van der Waals surface area contributed by atoms with Crippen molar-refractivity contribution in [1.82, 2.24) is 20.1 Å². The maximum atomic E-state index is 11.8. The zero-order chi connectivity index (χ0) is 14.7. The average molecular weight is 304 g/mol. The van der Waals surface area contributed by atoms with Crippen molar-refractivity contribution >= 4 is 17.7 Å². The summed E-state index contributed by atoms with van der Waals surface area (Å²) in [6, 6.07) is 10.0. The summed E-state index contributed by atoms with van der Waals surface area (Å²) in [5, 5.41) is 9.88. The third-order valence-corrected chi connectivity index (χ3v) is 4.16. The zero-order valence-electron chi connectivity index (χ0n) is 11.4. The van der Waals surface area contributed by atoms with E-state index in [1.807, 2.05) is 30.3 Å². The molecule has 0 bridgehead atoms. The molecule has 7 heteroatoms. The standard InChI is InChI=1S/C14H16N4O2S/c19-12(15-11-6-7-11)9-21-14-17-16-13(20)18(14)8-10-4-2-1-3-5-10/h1-5,11H,6-9H2,(H,15,19)(H,16,20). The molecular weight excluding hydrogens is 288 g/mol. The molecule has 2 N–H and O–H groups in total. The molecule has 0 radical (unpaired) electrons. The predicted octanol–water partition coefficient (Wildman–Crippen LogP) is 0.990. The molecule has 1 fully saturated rings. The molecule has 110 valence electrons. The molecule has 3 rings (SSSR count). The van der Waals surface area contributed by atoms with Crippen LogP contribution < -0.4 is 11.0 Å². The van der Waals surface area contributed by atoms with E-state index in [9.17, 15) is 9.59 Å². The number of hydrogen-bond acceptors (Lipinski definition) is 4. The van der Waals surface area contributed by atoms with E-state index in [-0.39, 0.29) is 17.3 Å². The van der Waals surface area contributed by atoms with Crippen molar-refractivity contribution in [3.63, 3.8) is 0 Å². The molecule has 1 aromatic heterocycles. The molecule has 1 aromatic carbocycles. The maximum absolute atomic E-state index is 11.8. The van der Waals surface area contributed by atoms with E-state index in [1.165, 1.54) is 11.8 Å². The molecule has 1 aliphatic rings. The second-order valence-corrected chi connectivity index (χ2v) is 5.96. The predicted molar refractivity (Wildman–Crippen MR) is 80.3 cm³/mol. The summed E-state index contributed by atoms with van der Waals surface area (Å²) < 4.78 is 1.55. The van der Waals surface area contributed by atoms with Gasteiger partial charge in [0.2, 0.25) is 5.91 Å². The van der Waals surface area contributed by atoms with Gasteiger partial charge in [0, 0.05) is 6.04 Å². The molecule has 0 unspecified atom stereocenters. The number of aromatic amines is 1. The Balaban J connectivity index is 1.65. The fourth-order valence-electron chi connectivity index (χ4n) is 1.95. The molecule has 1 heterocycles. The fraction of sp³-hybridized carbons (Fsp3) is 0.357. The van der Waals surface area contributed by atoms with Gasteiger partial charge in [-0.3, -0.25) is 9.36 Å². The number of benzene rings is 1. The minimum atomic E-state index is -0.260. The fourth-order valence-corrected chi connectivity index (χ4v) is 2.70. The van der Waals surface area contributed by atoms with Gasteiger partial charge in [-0.15, -0.1) is 5.10 Å². The Morgan fingerprint density at radius 2 is 2.14 bits per heavy atom. The SMILES string of the molecule is O=C(CSc1n[nH]c(=O)n1Cc1ccccc1)NC1CC1. The van der Waals surface area contributed by atoms with E-state index in [2.05, 4.69) is 15.5 Å². The highest BCUT2D eigenvalue weighted by molar-refractivity contribution is 7.99. The van der Waals surface area contributed by atoms with Gasteiger partial charge in [0.25, 0.3) is 0 Å². The van der Waals surface area contributed by atoms with Gasteiger partial charge < -0.3 is 5.32 Å².